The van der Waals surface area contributed by atoms with Crippen molar-refractivity contribution in [2.75, 3.05) is 0 Å². The summed E-state index contributed by atoms with van der Waals surface area (Å²) in [5.74, 6) is -10.5. The van der Waals surface area contributed by atoms with Crippen LogP contribution in [0.5, 0.6) is 5.75 Å². The zero-order valence-electron chi connectivity index (χ0n) is 11.6. The molecule has 2 N–H and O–H groups in total. The number of carbonyl (C=O) groups excluding carboxylic acids is 1. The lowest BCUT2D eigenvalue weighted by molar-refractivity contribution is 0.0939. The van der Waals surface area contributed by atoms with Crippen LogP contribution in [0.3, 0.4) is 0 Å². The maximum Gasteiger partial charge on any atom is 0.255 e. The fraction of sp³-hybridized carbons (Fsp3) is 0.0667. The van der Waals surface area contributed by atoms with E-state index in [2.05, 4.69) is 0 Å². The molecule has 2 aromatic rings. The number of nitriles is 1. The molecule has 4 nitrogen and oxygen atoms in total. The van der Waals surface area contributed by atoms with Crippen molar-refractivity contribution in [1.82, 2.24) is 5.32 Å². The van der Waals surface area contributed by atoms with E-state index in [9.17, 15) is 26.7 Å². The van der Waals surface area contributed by atoms with Gasteiger partial charge in [-0.25, -0.2) is 17.6 Å². The molecule has 9 heteroatoms. The highest BCUT2D eigenvalue weighted by molar-refractivity contribution is 5.95. The number of phenols is 1. The van der Waals surface area contributed by atoms with E-state index in [0.29, 0.717) is 6.07 Å². The number of amides is 1. The minimum Gasteiger partial charge on any atom is -0.503 e. The minimum absolute atomic E-state index is 0.176. The zero-order chi connectivity index (χ0) is 18.0. The fourth-order valence-electron chi connectivity index (χ4n) is 1.88. The average molecular weight is 342 g/mol. The number of halogens is 5. The molecule has 124 valence electrons. The van der Waals surface area contributed by atoms with Crippen LogP contribution in [0.15, 0.2) is 24.3 Å². The van der Waals surface area contributed by atoms with Crippen LogP contribution < -0.4 is 5.32 Å². The summed E-state index contributed by atoms with van der Waals surface area (Å²) in [7, 11) is 0. The summed E-state index contributed by atoms with van der Waals surface area (Å²) in [5.41, 5.74) is -1.51. The van der Waals surface area contributed by atoms with Crippen LogP contribution in [-0.2, 0) is 0 Å². The molecule has 24 heavy (non-hydrogen) atoms. The predicted molar refractivity (Wildman–Crippen MR) is 70.2 cm³/mol. The molecule has 2 aromatic carbocycles. The van der Waals surface area contributed by atoms with Crippen LogP contribution >= 0.6 is 0 Å². The molecule has 0 aromatic heterocycles. The molecular weight excluding hydrogens is 335 g/mol. The highest BCUT2D eigenvalue weighted by atomic mass is 19.2. The van der Waals surface area contributed by atoms with Gasteiger partial charge in [-0.2, -0.15) is 9.65 Å². The number of carbonyl (C=O) groups is 1. The van der Waals surface area contributed by atoms with Crippen LogP contribution in [0, 0.1) is 40.4 Å². The molecule has 0 spiro atoms. The number of hydrogen-bond acceptors (Lipinski definition) is 3. The van der Waals surface area contributed by atoms with Gasteiger partial charge in [-0.15, -0.1) is 0 Å². The van der Waals surface area contributed by atoms with E-state index >= 15 is 0 Å². The maximum absolute atomic E-state index is 13.7. The Morgan fingerprint density at radius 3 is 2.33 bits per heavy atom. The Hall–Kier alpha value is -3.15. The number of rotatable bonds is 3. The Bertz CT molecular complexity index is 864. The quantitative estimate of drug-likeness (QED) is 0.665. The molecule has 0 fully saturated rings. The first-order chi connectivity index (χ1) is 11.3. The number of hydrogen-bond donors (Lipinski definition) is 2. The monoisotopic (exact) mass is 342 g/mol. The van der Waals surface area contributed by atoms with E-state index in [1.165, 1.54) is 6.07 Å². The summed E-state index contributed by atoms with van der Waals surface area (Å²) in [6.45, 7) is 0. The maximum atomic E-state index is 13.7. The lowest BCUT2D eigenvalue weighted by atomic mass is 10.1. The van der Waals surface area contributed by atoms with Gasteiger partial charge in [0, 0.05) is 11.6 Å². The van der Waals surface area contributed by atoms with Gasteiger partial charge in [0.15, 0.2) is 17.4 Å². The van der Waals surface area contributed by atoms with E-state index in [1.54, 1.807) is 0 Å². The number of aromatic hydroxyl groups is 1. The SMILES string of the molecule is N#CC(NC(=O)c1cc(F)c(F)c(O)c1F)c1ccc(F)cc1F. The molecule has 0 aliphatic rings. The Balaban J connectivity index is 2.36. The molecule has 0 saturated heterocycles. The molecular formula is C15H7F5N2O2. The number of phenolic OH excluding ortho intramolecular Hbond substituents is 1. The van der Waals surface area contributed by atoms with Crippen LogP contribution in [0.4, 0.5) is 22.0 Å². The minimum atomic E-state index is -1.88. The van der Waals surface area contributed by atoms with Crippen LogP contribution in [-0.4, -0.2) is 11.0 Å². The lowest BCUT2D eigenvalue weighted by Crippen LogP contribution is -2.29. The highest BCUT2D eigenvalue weighted by Crippen LogP contribution is 2.26. The molecule has 1 unspecified atom stereocenters. The van der Waals surface area contributed by atoms with Gasteiger partial charge in [0.1, 0.15) is 17.7 Å². The van der Waals surface area contributed by atoms with E-state index in [1.807, 2.05) is 5.32 Å². The fourth-order valence-corrected chi connectivity index (χ4v) is 1.88. The van der Waals surface area contributed by atoms with E-state index in [4.69, 9.17) is 10.4 Å². The summed E-state index contributed by atoms with van der Waals surface area (Å²) < 4.78 is 66.3. The van der Waals surface area contributed by atoms with Gasteiger partial charge in [0.05, 0.1) is 11.6 Å². The molecule has 0 bridgehead atoms. The van der Waals surface area contributed by atoms with Crippen LogP contribution in [0.1, 0.15) is 22.0 Å². The van der Waals surface area contributed by atoms with Gasteiger partial charge >= 0.3 is 0 Å². The number of nitrogens with zero attached hydrogens (tertiary/aromatic N) is 1. The Morgan fingerprint density at radius 2 is 1.75 bits per heavy atom. The second-order valence-electron chi connectivity index (χ2n) is 4.58. The second kappa shape index (κ2) is 6.54. The van der Waals surface area contributed by atoms with Crippen LogP contribution in [0.25, 0.3) is 0 Å². The highest BCUT2D eigenvalue weighted by Gasteiger charge is 2.25. The smallest absolute Gasteiger partial charge is 0.255 e. The van der Waals surface area contributed by atoms with Gasteiger partial charge in [-0.05, 0) is 12.1 Å². The molecule has 0 heterocycles. The molecule has 0 aliphatic carbocycles. The Labute approximate surface area is 131 Å². The van der Waals surface area contributed by atoms with Crippen molar-refractivity contribution in [1.29, 1.82) is 5.26 Å². The number of nitrogens with one attached hydrogen (secondary N) is 1. The van der Waals surface area contributed by atoms with Crippen molar-refractivity contribution < 1.29 is 31.9 Å². The van der Waals surface area contributed by atoms with E-state index in [-0.39, 0.29) is 6.07 Å². The number of benzene rings is 2. The summed E-state index contributed by atoms with van der Waals surface area (Å²) in [6.07, 6.45) is 0. The van der Waals surface area contributed by atoms with Gasteiger partial charge in [-0.3, -0.25) is 4.79 Å². The first-order valence-corrected chi connectivity index (χ1v) is 6.28. The second-order valence-corrected chi connectivity index (χ2v) is 4.58. The molecule has 0 aliphatic heterocycles. The summed E-state index contributed by atoms with van der Waals surface area (Å²) in [4.78, 5) is 11.9. The van der Waals surface area contributed by atoms with Gasteiger partial charge in [-0.1, -0.05) is 6.07 Å². The van der Waals surface area contributed by atoms with Gasteiger partial charge < -0.3 is 10.4 Å². The third-order valence-electron chi connectivity index (χ3n) is 3.06. The Kier molecular flexibility index (Phi) is 4.69. The molecule has 0 radical (unpaired) electrons. The lowest BCUT2D eigenvalue weighted by Gasteiger charge is -2.14. The normalized spacial score (nSPS) is 11.7. The molecule has 1 atom stereocenters. The zero-order valence-corrected chi connectivity index (χ0v) is 11.6. The first-order valence-electron chi connectivity index (χ1n) is 6.28. The summed E-state index contributed by atoms with van der Waals surface area (Å²) >= 11 is 0. The predicted octanol–water partition coefficient (Wildman–Crippen LogP) is 3.08. The van der Waals surface area contributed by atoms with Crippen molar-refractivity contribution in [3.8, 4) is 11.8 Å². The van der Waals surface area contributed by atoms with Crippen molar-refractivity contribution in [3.05, 3.63) is 64.5 Å². The molecule has 0 saturated carbocycles. The summed E-state index contributed by atoms with van der Waals surface area (Å²) in [5, 5.41) is 19.9. The topological polar surface area (TPSA) is 73.1 Å². The standard InChI is InChI=1S/C15H7F5N2O2/c16-6-1-2-7(9(17)3-6)11(5-21)22-15(24)8-4-10(18)13(20)14(23)12(8)19/h1-4,11,23H,(H,22,24). The molecule has 2 rings (SSSR count). The summed E-state index contributed by atoms with van der Waals surface area (Å²) in [6, 6.07) is 2.20. The first kappa shape index (κ1) is 17.2. The largest absolute Gasteiger partial charge is 0.503 e. The molecule has 1 amide bonds. The Morgan fingerprint density at radius 1 is 1.08 bits per heavy atom. The average Bonchev–Trinajstić information content (AvgIpc) is 2.54. The van der Waals surface area contributed by atoms with Gasteiger partial charge in [0.25, 0.3) is 5.91 Å². The third-order valence-corrected chi connectivity index (χ3v) is 3.06. The van der Waals surface area contributed by atoms with Gasteiger partial charge in [0.2, 0.25) is 5.82 Å². The van der Waals surface area contributed by atoms with E-state index < -0.39 is 57.9 Å². The van der Waals surface area contributed by atoms with Crippen molar-refractivity contribution >= 4 is 5.91 Å². The van der Waals surface area contributed by atoms with Crippen LogP contribution in [0.2, 0.25) is 0 Å². The van der Waals surface area contributed by atoms with E-state index in [0.717, 1.165) is 12.1 Å². The third kappa shape index (κ3) is 3.12. The van der Waals surface area contributed by atoms with Crippen molar-refractivity contribution in [2.24, 2.45) is 0 Å². The van der Waals surface area contributed by atoms with Crippen molar-refractivity contribution in [3.63, 3.8) is 0 Å². The van der Waals surface area contributed by atoms with Crippen molar-refractivity contribution in [2.45, 2.75) is 6.04 Å².